The van der Waals surface area contributed by atoms with Gasteiger partial charge >= 0.3 is 0 Å². The Morgan fingerprint density at radius 2 is 1.93 bits per heavy atom. The fourth-order valence-corrected chi connectivity index (χ4v) is 3.33. The van der Waals surface area contributed by atoms with Gasteiger partial charge in [-0.05, 0) is 25.2 Å². The van der Waals surface area contributed by atoms with Crippen LogP contribution in [0.4, 0.5) is 0 Å². The predicted molar refractivity (Wildman–Crippen MR) is 58.4 cm³/mol. The van der Waals surface area contributed by atoms with Gasteiger partial charge < -0.3 is 0 Å². The summed E-state index contributed by atoms with van der Waals surface area (Å²) in [5.41, 5.74) is 0. The Balaban J connectivity index is 2.49. The van der Waals surface area contributed by atoms with Gasteiger partial charge in [-0.3, -0.25) is 0 Å². The minimum Gasteiger partial charge on any atom is -0.228 e. The Kier molecular flexibility index (Phi) is 4.38. The topological polar surface area (TPSA) is 60.2 Å². The van der Waals surface area contributed by atoms with Crippen molar-refractivity contribution >= 4 is 10.0 Å². The number of hydrogen-bond donors (Lipinski definition) is 1. The van der Waals surface area contributed by atoms with Crippen molar-refractivity contribution in [2.24, 2.45) is 11.1 Å². The molecule has 0 spiro atoms. The highest BCUT2D eigenvalue weighted by Gasteiger charge is 2.25. The van der Waals surface area contributed by atoms with Gasteiger partial charge in [-0.15, -0.1) is 0 Å². The van der Waals surface area contributed by atoms with Gasteiger partial charge in [-0.1, -0.05) is 32.6 Å². The van der Waals surface area contributed by atoms with Crippen LogP contribution < -0.4 is 5.14 Å². The second-order valence-corrected chi connectivity index (χ2v) is 6.22. The maximum Gasteiger partial charge on any atom is 0.211 e. The molecule has 0 heterocycles. The van der Waals surface area contributed by atoms with E-state index in [9.17, 15) is 8.42 Å². The quantitative estimate of drug-likeness (QED) is 0.738. The van der Waals surface area contributed by atoms with E-state index in [1.165, 1.54) is 19.3 Å². The predicted octanol–water partition coefficient (Wildman–Crippen LogP) is 2.02. The maximum absolute atomic E-state index is 11.2. The molecule has 0 aromatic heterocycles. The van der Waals surface area contributed by atoms with Crippen LogP contribution >= 0.6 is 0 Å². The Morgan fingerprint density at radius 3 is 2.50 bits per heavy atom. The number of rotatable bonds is 3. The van der Waals surface area contributed by atoms with Gasteiger partial charge in [0.1, 0.15) is 0 Å². The lowest BCUT2D eigenvalue weighted by molar-refractivity contribution is 0.423. The van der Waals surface area contributed by atoms with E-state index < -0.39 is 10.0 Å². The number of hydrogen-bond acceptors (Lipinski definition) is 2. The molecule has 1 fully saturated rings. The van der Waals surface area contributed by atoms with Crippen molar-refractivity contribution in [3.05, 3.63) is 0 Å². The van der Waals surface area contributed by atoms with Gasteiger partial charge in [-0.2, -0.15) is 0 Å². The average molecular weight is 219 g/mol. The summed E-state index contributed by atoms with van der Waals surface area (Å²) >= 11 is 0. The monoisotopic (exact) mass is 219 g/mol. The molecule has 14 heavy (non-hydrogen) atoms. The molecule has 0 aromatic rings. The number of nitrogens with two attached hydrogens (primary N) is 1. The van der Waals surface area contributed by atoms with E-state index in [1.807, 2.05) is 0 Å². The van der Waals surface area contributed by atoms with Gasteiger partial charge in [0.2, 0.25) is 10.0 Å². The van der Waals surface area contributed by atoms with Crippen molar-refractivity contribution in [1.82, 2.24) is 0 Å². The van der Waals surface area contributed by atoms with Crippen LogP contribution in [0.1, 0.15) is 51.9 Å². The molecule has 0 aliphatic heterocycles. The van der Waals surface area contributed by atoms with Crippen molar-refractivity contribution in [2.75, 3.05) is 0 Å². The number of primary sulfonamides is 1. The van der Waals surface area contributed by atoms with E-state index in [2.05, 4.69) is 6.92 Å². The summed E-state index contributed by atoms with van der Waals surface area (Å²) in [5.74, 6) is 0.728. The highest BCUT2D eigenvalue weighted by molar-refractivity contribution is 7.89. The molecule has 3 nitrogen and oxygen atoms in total. The van der Waals surface area contributed by atoms with E-state index in [1.54, 1.807) is 0 Å². The molecule has 1 aliphatic rings. The molecule has 4 heteroatoms. The number of sulfonamides is 1. The fraction of sp³-hybridized carbons (Fsp3) is 1.00. The van der Waals surface area contributed by atoms with Crippen LogP contribution in [0.3, 0.4) is 0 Å². The third-order valence-electron chi connectivity index (χ3n) is 3.20. The SMILES string of the molecule is CCCC1CCCC(S(N)(=O)=O)CC1. The van der Waals surface area contributed by atoms with Gasteiger partial charge in [0.15, 0.2) is 0 Å². The summed E-state index contributed by atoms with van der Waals surface area (Å²) in [7, 11) is -3.29. The Labute approximate surface area is 87.1 Å². The molecule has 0 bridgehead atoms. The zero-order valence-electron chi connectivity index (χ0n) is 8.91. The molecule has 2 N–H and O–H groups in total. The van der Waals surface area contributed by atoms with Crippen molar-refractivity contribution in [3.8, 4) is 0 Å². The van der Waals surface area contributed by atoms with E-state index in [0.717, 1.165) is 31.6 Å². The lowest BCUT2D eigenvalue weighted by Crippen LogP contribution is -2.27. The molecule has 0 saturated heterocycles. The Hall–Kier alpha value is -0.0900. The molecule has 0 radical (unpaired) electrons. The van der Waals surface area contributed by atoms with Crippen molar-refractivity contribution in [1.29, 1.82) is 0 Å². The Morgan fingerprint density at radius 1 is 1.21 bits per heavy atom. The molecule has 1 saturated carbocycles. The standard InChI is InChI=1S/C10H21NO2S/c1-2-4-9-5-3-6-10(8-7-9)14(11,12)13/h9-10H,2-8H2,1H3,(H2,11,12,13). The normalized spacial score (nSPS) is 29.9. The molecular formula is C10H21NO2S. The molecule has 0 aromatic carbocycles. The van der Waals surface area contributed by atoms with Crippen molar-refractivity contribution < 1.29 is 8.42 Å². The third kappa shape index (κ3) is 3.58. The second kappa shape index (κ2) is 5.12. The first-order valence-corrected chi connectivity index (χ1v) is 7.16. The first-order chi connectivity index (χ1) is 6.54. The lowest BCUT2D eigenvalue weighted by atomic mass is 9.96. The van der Waals surface area contributed by atoms with E-state index in [4.69, 9.17) is 5.14 Å². The molecule has 1 rings (SSSR count). The van der Waals surface area contributed by atoms with E-state index in [-0.39, 0.29) is 5.25 Å². The molecule has 1 aliphatic carbocycles. The third-order valence-corrected chi connectivity index (χ3v) is 4.60. The molecule has 2 unspecified atom stereocenters. The van der Waals surface area contributed by atoms with Crippen molar-refractivity contribution in [3.63, 3.8) is 0 Å². The van der Waals surface area contributed by atoms with Gasteiger partial charge in [-0.25, -0.2) is 13.6 Å². The summed E-state index contributed by atoms with van der Waals surface area (Å²) in [6.45, 7) is 2.18. The molecule has 84 valence electrons. The summed E-state index contributed by atoms with van der Waals surface area (Å²) in [6.07, 6.45) is 7.20. The Bertz CT molecular complexity index is 261. The minimum atomic E-state index is -3.29. The second-order valence-electron chi connectivity index (χ2n) is 4.37. The van der Waals surface area contributed by atoms with Crippen LogP contribution in [0.5, 0.6) is 0 Å². The molecular weight excluding hydrogens is 198 g/mol. The first kappa shape index (κ1) is 12.0. The summed E-state index contributed by atoms with van der Waals surface area (Å²) < 4.78 is 22.4. The minimum absolute atomic E-state index is 0.274. The van der Waals surface area contributed by atoms with Gasteiger partial charge in [0.05, 0.1) is 5.25 Å². The van der Waals surface area contributed by atoms with Crippen LogP contribution in [-0.4, -0.2) is 13.7 Å². The first-order valence-electron chi connectivity index (χ1n) is 5.55. The highest BCUT2D eigenvalue weighted by atomic mass is 32.2. The maximum atomic E-state index is 11.2. The van der Waals surface area contributed by atoms with Gasteiger partial charge in [0, 0.05) is 0 Å². The van der Waals surface area contributed by atoms with E-state index in [0.29, 0.717) is 0 Å². The van der Waals surface area contributed by atoms with Gasteiger partial charge in [0.25, 0.3) is 0 Å². The molecule has 0 amide bonds. The van der Waals surface area contributed by atoms with Crippen LogP contribution in [0.2, 0.25) is 0 Å². The summed E-state index contributed by atoms with van der Waals surface area (Å²) in [5, 5.41) is 4.90. The van der Waals surface area contributed by atoms with Crippen LogP contribution in [-0.2, 0) is 10.0 Å². The zero-order valence-corrected chi connectivity index (χ0v) is 9.72. The van der Waals surface area contributed by atoms with Crippen LogP contribution in [0, 0.1) is 5.92 Å². The van der Waals surface area contributed by atoms with Crippen LogP contribution in [0.25, 0.3) is 0 Å². The summed E-state index contributed by atoms with van der Waals surface area (Å²) in [6, 6.07) is 0. The molecule has 2 atom stereocenters. The van der Waals surface area contributed by atoms with Crippen molar-refractivity contribution in [2.45, 2.75) is 57.1 Å². The fourth-order valence-electron chi connectivity index (χ4n) is 2.37. The largest absolute Gasteiger partial charge is 0.228 e. The summed E-state index contributed by atoms with van der Waals surface area (Å²) in [4.78, 5) is 0. The van der Waals surface area contributed by atoms with E-state index >= 15 is 0 Å². The zero-order chi connectivity index (χ0) is 10.6. The lowest BCUT2D eigenvalue weighted by Gasteiger charge is -2.12. The average Bonchev–Trinajstić information content (AvgIpc) is 2.29. The highest BCUT2D eigenvalue weighted by Crippen LogP contribution is 2.28. The van der Waals surface area contributed by atoms with Crippen LogP contribution in [0.15, 0.2) is 0 Å². The smallest absolute Gasteiger partial charge is 0.211 e.